The van der Waals surface area contributed by atoms with E-state index in [1.165, 1.54) is 23.0 Å². The van der Waals surface area contributed by atoms with E-state index in [-0.39, 0.29) is 12.5 Å². The number of aryl methyl sites for hydroxylation is 1. The molecule has 152 valence electrons. The summed E-state index contributed by atoms with van der Waals surface area (Å²) in [5, 5.41) is 4.54. The van der Waals surface area contributed by atoms with Crippen molar-refractivity contribution >= 4 is 33.1 Å². The number of nitrogens with one attached hydrogen (secondary N) is 1. The predicted octanol–water partition coefficient (Wildman–Crippen LogP) is 3.17. The van der Waals surface area contributed by atoms with E-state index in [0.717, 1.165) is 10.1 Å². The Morgan fingerprint density at radius 3 is 2.67 bits per heavy atom. The van der Waals surface area contributed by atoms with E-state index >= 15 is 0 Å². The minimum Gasteiger partial charge on any atom is -0.497 e. The van der Waals surface area contributed by atoms with Crippen LogP contribution in [0.25, 0.3) is 15.9 Å². The zero-order valence-corrected chi connectivity index (χ0v) is 17.2. The van der Waals surface area contributed by atoms with Crippen LogP contribution in [-0.2, 0) is 11.3 Å². The third kappa shape index (κ3) is 3.65. The van der Waals surface area contributed by atoms with Gasteiger partial charge in [-0.25, -0.2) is 9.36 Å². The Bertz CT molecular complexity index is 1370. The van der Waals surface area contributed by atoms with Crippen LogP contribution in [0.1, 0.15) is 5.56 Å². The number of aromatic nitrogens is 2. The molecule has 2 heterocycles. The molecule has 1 N–H and O–H groups in total. The number of rotatable bonds is 5. The minimum absolute atomic E-state index is 0.218. The molecule has 2 aromatic heterocycles. The molecule has 0 aliphatic rings. The molecule has 0 saturated carbocycles. The van der Waals surface area contributed by atoms with Gasteiger partial charge in [0.1, 0.15) is 17.0 Å². The van der Waals surface area contributed by atoms with Crippen molar-refractivity contribution in [1.29, 1.82) is 0 Å². The normalized spacial score (nSPS) is 10.9. The minimum atomic E-state index is -0.585. The van der Waals surface area contributed by atoms with E-state index in [2.05, 4.69) is 5.32 Å². The van der Waals surface area contributed by atoms with Crippen molar-refractivity contribution < 1.29 is 9.53 Å². The molecule has 0 aliphatic carbocycles. The predicted molar refractivity (Wildman–Crippen MR) is 118 cm³/mol. The Balaban J connectivity index is 1.80. The number of ether oxygens (including phenoxy) is 1. The van der Waals surface area contributed by atoms with Crippen LogP contribution in [0.5, 0.6) is 5.75 Å². The zero-order valence-electron chi connectivity index (χ0n) is 16.4. The Hall–Kier alpha value is -3.65. The van der Waals surface area contributed by atoms with Gasteiger partial charge in [0, 0.05) is 11.8 Å². The Labute approximate surface area is 175 Å². The molecule has 7 nitrogen and oxygen atoms in total. The van der Waals surface area contributed by atoms with Gasteiger partial charge >= 0.3 is 5.69 Å². The summed E-state index contributed by atoms with van der Waals surface area (Å²) in [5.41, 5.74) is 1.47. The molecule has 4 rings (SSSR count). The molecular weight excluding hydrogens is 402 g/mol. The SMILES string of the molecule is COc1cccc(-n2c(=O)c3sccc3n(CC(=O)Nc3cccc(C)c3)c2=O)c1. The van der Waals surface area contributed by atoms with E-state index in [0.29, 0.717) is 27.3 Å². The number of carbonyl (C=O) groups excluding carboxylic acids is 1. The zero-order chi connectivity index (χ0) is 21.3. The molecule has 1 amide bonds. The summed E-state index contributed by atoms with van der Waals surface area (Å²) in [5.74, 6) is 0.167. The lowest BCUT2D eigenvalue weighted by molar-refractivity contribution is -0.116. The van der Waals surface area contributed by atoms with Gasteiger partial charge < -0.3 is 10.1 Å². The smallest absolute Gasteiger partial charge is 0.336 e. The molecule has 0 atom stereocenters. The van der Waals surface area contributed by atoms with Crippen molar-refractivity contribution in [3.63, 3.8) is 0 Å². The highest BCUT2D eigenvalue weighted by Crippen LogP contribution is 2.19. The number of carbonyl (C=O) groups is 1. The molecule has 0 fully saturated rings. The standard InChI is InChI=1S/C22H19N3O4S/c1-14-5-3-6-15(11-14)23-19(26)13-24-18-9-10-30-20(18)21(27)25(22(24)28)16-7-4-8-17(12-16)29-2/h3-12H,13H2,1-2H3,(H,23,26). The van der Waals surface area contributed by atoms with Gasteiger partial charge in [-0.05, 0) is 48.2 Å². The fraction of sp³-hybridized carbons (Fsp3) is 0.136. The topological polar surface area (TPSA) is 82.3 Å². The molecule has 4 aromatic rings. The van der Waals surface area contributed by atoms with Gasteiger partial charge in [-0.15, -0.1) is 11.3 Å². The summed E-state index contributed by atoms with van der Waals surface area (Å²) >= 11 is 1.23. The first kappa shape index (κ1) is 19.7. The highest BCUT2D eigenvalue weighted by Gasteiger charge is 2.18. The molecule has 0 saturated heterocycles. The first-order valence-corrected chi connectivity index (χ1v) is 10.1. The highest BCUT2D eigenvalue weighted by atomic mass is 32.1. The van der Waals surface area contributed by atoms with Crippen molar-refractivity contribution in [1.82, 2.24) is 9.13 Å². The molecule has 2 aromatic carbocycles. The van der Waals surface area contributed by atoms with E-state index in [1.54, 1.807) is 41.8 Å². The summed E-state index contributed by atoms with van der Waals surface area (Å²) < 4.78 is 8.01. The van der Waals surface area contributed by atoms with Crippen molar-refractivity contribution in [3.8, 4) is 11.4 Å². The summed E-state index contributed by atoms with van der Waals surface area (Å²) in [4.78, 5) is 38.9. The highest BCUT2D eigenvalue weighted by molar-refractivity contribution is 7.17. The van der Waals surface area contributed by atoms with Crippen LogP contribution in [0.15, 0.2) is 69.6 Å². The number of methoxy groups -OCH3 is 1. The van der Waals surface area contributed by atoms with Gasteiger partial charge in [-0.3, -0.25) is 14.2 Å². The Kier molecular flexibility index (Phi) is 5.24. The molecule has 0 radical (unpaired) electrons. The third-order valence-electron chi connectivity index (χ3n) is 4.67. The third-order valence-corrected chi connectivity index (χ3v) is 5.56. The van der Waals surface area contributed by atoms with Gasteiger partial charge in [0.2, 0.25) is 5.91 Å². The van der Waals surface area contributed by atoms with Gasteiger partial charge in [0.25, 0.3) is 5.56 Å². The second-order valence-corrected chi connectivity index (χ2v) is 7.68. The first-order valence-electron chi connectivity index (χ1n) is 9.22. The van der Waals surface area contributed by atoms with Crippen LogP contribution in [0.2, 0.25) is 0 Å². The number of hydrogen-bond donors (Lipinski definition) is 1. The summed E-state index contributed by atoms with van der Waals surface area (Å²) in [6.45, 7) is 1.71. The van der Waals surface area contributed by atoms with Crippen molar-refractivity contribution in [3.05, 3.63) is 86.4 Å². The summed E-state index contributed by atoms with van der Waals surface area (Å²) in [6.07, 6.45) is 0. The second-order valence-electron chi connectivity index (χ2n) is 6.76. The molecule has 30 heavy (non-hydrogen) atoms. The van der Waals surface area contributed by atoms with Crippen LogP contribution < -0.4 is 21.3 Å². The van der Waals surface area contributed by atoms with Crippen LogP contribution in [0.3, 0.4) is 0 Å². The van der Waals surface area contributed by atoms with Gasteiger partial charge in [0.15, 0.2) is 0 Å². The quantitative estimate of drug-likeness (QED) is 0.537. The van der Waals surface area contributed by atoms with E-state index in [4.69, 9.17) is 4.74 Å². The number of fused-ring (bicyclic) bond motifs is 1. The molecular formula is C22H19N3O4S. The van der Waals surface area contributed by atoms with E-state index < -0.39 is 11.2 Å². The van der Waals surface area contributed by atoms with Crippen LogP contribution in [0.4, 0.5) is 5.69 Å². The average molecular weight is 421 g/mol. The monoisotopic (exact) mass is 421 g/mol. The first-order chi connectivity index (χ1) is 14.5. The van der Waals surface area contributed by atoms with Gasteiger partial charge in [0.05, 0.1) is 18.3 Å². The number of thiophene rings is 1. The summed E-state index contributed by atoms with van der Waals surface area (Å²) in [7, 11) is 1.51. The molecule has 0 unspecified atom stereocenters. The summed E-state index contributed by atoms with van der Waals surface area (Å²) in [6, 6.07) is 15.8. The number of amides is 1. The Morgan fingerprint density at radius 1 is 1.10 bits per heavy atom. The number of anilines is 1. The van der Waals surface area contributed by atoms with Crippen LogP contribution >= 0.6 is 11.3 Å². The number of nitrogens with zero attached hydrogens (tertiary/aromatic N) is 2. The number of benzene rings is 2. The largest absolute Gasteiger partial charge is 0.497 e. The lowest BCUT2D eigenvalue weighted by Gasteiger charge is -2.13. The van der Waals surface area contributed by atoms with Crippen LogP contribution in [0, 0.1) is 6.92 Å². The lowest BCUT2D eigenvalue weighted by atomic mass is 10.2. The fourth-order valence-electron chi connectivity index (χ4n) is 3.28. The molecule has 0 bridgehead atoms. The Morgan fingerprint density at radius 2 is 1.90 bits per heavy atom. The maximum absolute atomic E-state index is 13.3. The second kappa shape index (κ2) is 8.00. The van der Waals surface area contributed by atoms with Crippen LogP contribution in [-0.4, -0.2) is 22.2 Å². The number of hydrogen-bond acceptors (Lipinski definition) is 5. The van der Waals surface area contributed by atoms with Crippen molar-refractivity contribution in [2.75, 3.05) is 12.4 Å². The van der Waals surface area contributed by atoms with E-state index in [1.807, 2.05) is 25.1 Å². The maximum atomic E-state index is 13.3. The van der Waals surface area contributed by atoms with Gasteiger partial charge in [-0.1, -0.05) is 18.2 Å². The average Bonchev–Trinajstić information content (AvgIpc) is 3.21. The molecule has 8 heteroatoms. The maximum Gasteiger partial charge on any atom is 0.336 e. The molecule has 0 spiro atoms. The van der Waals surface area contributed by atoms with Crippen molar-refractivity contribution in [2.45, 2.75) is 13.5 Å². The molecule has 0 aliphatic heterocycles. The fourth-order valence-corrected chi connectivity index (χ4v) is 4.11. The lowest BCUT2D eigenvalue weighted by Crippen LogP contribution is -2.40. The van der Waals surface area contributed by atoms with E-state index in [9.17, 15) is 14.4 Å². The van der Waals surface area contributed by atoms with Gasteiger partial charge in [-0.2, -0.15) is 0 Å². The van der Waals surface area contributed by atoms with Crippen molar-refractivity contribution in [2.24, 2.45) is 0 Å².